The Morgan fingerprint density at radius 2 is 0.333 bits per heavy atom. The van der Waals surface area contributed by atoms with Crippen LogP contribution in [-0.2, 0) is 0 Å². The van der Waals surface area contributed by atoms with Crippen molar-refractivity contribution in [3.05, 3.63) is 255 Å². The SMILES string of the molecule is c1ccc2c(OP3(Oc4cccc5ccccc45)=NP(Oc4cccc5ccccc45)(Oc4cccc5ccccc45)=NP(Oc4cccc5ccccc45)(Oc4cccc5ccccc45)=N3)cccc2c1. The third kappa shape index (κ3) is 8.28. The van der Waals surface area contributed by atoms with Crippen LogP contribution in [0.4, 0.5) is 0 Å². The van der Waals surface area contributed by atoms with Gasteiger partial charge in [0.15, 0.2) is 0 Å². The molecule has 0 saturated carbocycles. The predicted molar refractivity (Wildman–Crippen MR) is 296 cm³/mol. The molecular weight excluding hydrogens is 952 g/mol. The molecule has 1 aliphatic rings. The molecule has 0 fully saturated rings. The summed E-state index contributed by atoms with van der Waals surface area (Å²) in [6.07, 6.45) is 0. The summed E-state index contributed by atoms with van der Waals surface area (Å²) in [5.74, 6) is 2.82. The Balaban J connectivity index is 1.19. The van der Waals surface area contributed by atoms with Crippen LogP contribution in [0.3, 0.4) is 0 Å². The maximum atomic E-state index is 7.55. The highest BCUT2D eigenvalue weighted by molar-refractivity contribution is 7.79. The Bertz CT molecular complexity index is 3540. The fraction of sp³-hybridized carbons (Fsp3) is 0. The van der Waals surface area contributed by atoms with Gasteiger partial charge in [-0.3, -0.25) is 0 Å². The molecule has 0 radical (unpaired) electrons. The number of hydrogen-bond acceptors (Lipinski definition) is 9. The van der Waals surface area contributed by atoms with E-state index in [0.29, 0.717) is 34.5 Å². The Morgan fingerprint density at radius 1 is 0.181 bits per heavy atom. The van der Waals surface area contributed by atoms with Gasteiger partial charge in [0.25, 0.3) is 0 Å². The lowest BCUT2D eigenvalue weighted by Crippen LogP contribution is -2.11. The van der Waals surface area contributed by atoms with Crippen LogP contribution in [0.1, 0.15) is 0 Å². The van der Waals surface area contributed by atoms with Gasteiger partial charge < -0.3 is 27.1 Å². The minimum absolute atomic E-state index is 0.470. The molecule has 13 rings (SSSR count). The summed E-state index contributed by atoms with van der Waals surface area (Å²) >= 11 is 0. The van der Waals surface area contributed by atoms with Crippen molar-refractivity contribution < 1.29 is 27.1 Å². The van der Waals surface area contributed by atoms with Crippen LogP contribution in [0.2, 0.25) is 0 Å². The minimum Gasteiger partial charge on any atom is -0.413 e. The van der Waals surface area contributed by atoms with E-state index in [9.17, 15) is 0 Å². The van der Waals surface area contributed by atoms with E-state index in [1.807, 2.05) is 255 Å². The lowest BCUT2D eigenvalue weighted by molar-refractivity contribution is 0.448. The first kappa shape index (κ1) is 43.7. The van der Waals surface area contributed by atoms with Crippen LogP contribution in [0, 0.1) is 0 Å². The summed E-state index contributed by atoms with van der Waals surface area (Å²) < 4.78 is 62.5. The summed E-state index contributed by atoms with van der Waals surface area (Å²) in [6, 6.07) is 83.5. The molecule has 72 heavy (non-hydrogen) atoms. The van der Waals surface area contributed by atoms with Gasteiger partial charge in [0.05, 0.1) is 0 Å². The number of rotatable bonds is 12. The van der Waals surface area contributed by atoms with Crippen molar-refractivity contribution in [1.29, 1.82) is 0 Å². The zero-order valence-electron chi connectivity index (χ0n) is 38.4. The molecule has 0 spiro atoms. The van der Waals surface area contributed by atoms with Crippen molar-refractivity contribution in [3.8, 4) is 34.5 Å². The molecule has 12 aromatic rings. The van der Waals surface area contributed by atoms with Crippen molar-refractivity contribution in [2.75, 3.05) is 0 Å². The summed E-state index contributed by atoms with van der Waals surface area (Å²) in [7, 11) is -13.0. The van der Waals surface area contributed by atoms with Crippen LogP contribution >= 0.6 is 23.0 Å². The summed E-state index contributed by atoms with van der Waals surface area (Å²) in [5, 5.41) is 10.6. The zero-order chi connectivity index (χ0) is 48.0. The van der Waals surface area contributed by atoms with Crippen molar-refractivity contribution in [2.45, 2.75) is 0 Å². The fourth-order valence-electron chi connectivity index (χ4n) is 9.18. The van der Waals surface area contributed by atoms with E-state index in [1.54, 1.807) is 0 Å². The van der Waals surface area contributed by atoms with Gasteiger partial charge in [0.1, 0.15) is 34.5 Å². The molecule has 0 unspecified atom stereocenters. The van der Waals surface area contributed by atoms with Gasteiger partial charge in [-0.15, -0.1) is 0 Å². The predicted octanol–water partition coefficient (Wildman–Crippen LogP) is 19.2. The molecule has 0 bridgehead atoms. The number of fused-ring (bicyclic) bond motifs is 6. The lowest BCUT2D eigenvalue weighted by Gasteiger charge is -2.34. The van der Waals surface area contributed by atoms with Crippen LogP contribution in [0.5, 0.6) is 34.5 Å². The Morgan fingerprint density at radius 3 is 0.514 bits per heavy atom. The van der Waals surface area contributed by atoms with Crippen molar-refractivity contribution in [2.24, 2.45) is 13.5 Å². The molecule has 0 amide bonds. The first-order valence-electron chi connectivity index (χ1n) is 23.4. The molecule has 0 aliphatic carbocycles. The van der Waals surface area contributed by atoms with Gasteiger partial charge in [0.2, 0.25) is 0 Å². The Labute approximate surface area is 415 Å². The molecule has 0 saturated heterocycles. The second-order valence-electron chi connectivity index (χ2n) is 17.2. The van der Waals surface area contributed by atoms with E-state index in [1.165, 1.54) is 0 Å². The van der Waals surface area contributed by atoms with E-state index in [2.05, 4.69) is 0 Å². The average molecular weight is 994 g/mol. The summed E-state index contributed by atoms with van der Waals surface area (Å²) in [5.41, 5.74) is 0. The van der Waals surface area contributed by atoms with Crippen molar-refractivity contribution in [3.63, 3.8) is 0 Å². The third-order valence-corrected chi connectivity index (χ3v) is 20.5. The van der Waals surface area contributed by atoms with Gasteiger partial charge in [-0.25, -0.2) is 0 Å². The maximum absolute atomic E-state index is 7.55. The third-order valence-electron chi connectivity index (χ3n) is 12.5. The van der Waals surface area contributed by atoms with Gasteiger partial charge in [-0.2, -0.15) is 0 Å². The molecule has 348 valence electrons. The Hall–Kier alpha value is -8.31. The molecule has 9 nitrogen and oxygen atoms in total. The molecule has 0 N–H and O–H groups in total. The first-order chi connectivity index (χ1) is 35.5. The van der Waals surface area contributed by atoms with Crippen molar-refractivity contribution in [1.82, 2.24) is 0 Å². The van der Waals surface area contributed by atoms with Crippen LogP contribution < -0.4 is 27.1 Å². The largest absolute Gasteiger partial charge is 0.460 e. The van der Waals surface area contributed by atoms with E-state index < -0.39 is 23.0 Å². The Kier molecular flexibility index (Phi) is 11.0. The van der Waals surface area contributed by atoms with Gasteiger partial charge in [0, 0.05) is 32.3 Å². The highest BCUT2D eigenvalue weighted by Gasteiger charge is 2.49. The molecule has 12 heteroatoms. The van der Waals surface area contributed by atoms with Crippen LogP contribution in [-0.4, -0.2) is 0 Å². The van der Waals surface area contributed by atoms with Crippen molar-refractivity contribution >= 4 is 87.6 Å². The summed E-state index contributed by atoms with van der Waals surface area (Å²) in [6.45, 7) is 0. The van der Waals surface area contributed by atoms with E-state index in [4.69, 9.17) is 40.7 Å². The monoisotopic (exact) mass is 993 g/mol. The molecule has 0 aromatic heterocycles. The maximum Gasteiger partial charge on any atom is 0.460 e. The topological polar surface area (TPSA) is 92.5 Å². The minimum atomic E-state index is -4.32. The quantitative estimate of drug-likeness (QED) is 0.113. The van der Waals surface area contributed by atoms with Crippen LogP contribution in [0.15, 0.2) is 268 Å². The second-order valence-corrected chi connectivity index (χ2v) is 23.3. The number of benzene rings is 12. The number of hydrogen-bond donors (Lipinski definition) is 0. The molecule has 0 atom stereocenters. The highest BCUT2D eigenvalue weighted by Crippen LogP contribution is 2.79. The average Bonchev–Trinajstić information content (AvgIpc) is 3.41. The summed E-state index contributed by atoms with van der Waals surface area (Å²) in [4.78, 5) is 0. The second kappa shape index (κ2) is 18.1. The molecule has 12 aromatic carbocycles. The zero-order valence-corrected chi connectivity index (χ0v) is 41.1. The van der Waals surface area contributed by atoms with E-state index in [0.717, 1.165) is 64.6 Å². The van der Waals surface area contributed by atoms with E-state index >= 15 is 0 Å². The standard InChI is InChI=1S/C60H42N3O6P3/c1-7-31-49-43(19-1)25-13-37-55(49)64-70(65-56-38-14-26-44-20-2-8-32-50(44)56)61-71(66-57-39-15-27-45-21-3-9-33-51(45)57,67-58-40-16-28-46-22-4-10-34-52(46)58)63-72(62-70,68-59-41-17-29-47-23-5-11-35-53(47)59)69-60-42-18-30-48-24-6-12-36-54(48)60/h1-42H. The van der Waals surface area contributed by atoms with Gasteiger partial charge >= 0.3 is 23.0 Å². The molecule has 1 aliphatic heterocycles. The normalized spacial score (nSPS) is 14.5. The first-order valence-corrected chi connectivity index (χ1v) is 28.0. The highest BCUT2D eigenvalue weighted by atomic mass is 31.3. The van der Waals surface area contributed by atoms with Gasteiger partial charge in [-0.1, -0.05) is 232 Å². The smallest absolute Gasteiger partial charge is 0.413 e. The lowest BCUT2D eigenvalue weighted by atomic mass is 10.1. The van der Waals surface area contributed by atoms with Crippen LogP contribution in [0.25, 0.3) is 64.6 Å². The fourth-order valence-corrected chi connectivity index (χ4v) is 18.4. The van der Waals surface area contributed by atoms with E-state index in [-0.39, 0.29) is 0 Å². The van der Waals surface area contributed by atoms with Gasteiger partial charge in [-0.05, 0) is 68.7 Å². The molecular formula is C60H42N3O6P3. The molecule has 1 heterocycles. The number of nitrogens with zero attached hydrogens (tertiary/aromatic N) is 3.